The van der Waals surface area contributed by atoms with Crippen LogP contribution in [0.3, 0.4) is 0 Å². The molecule has 2 nitrogen and oxygen atoms in total. The molecular weight excluding hydrogens is 373 g/mol. The Morgan fingerprint density at radius 1 is 1.07 bits per heavy atom. The standard InChI is InChI=1S/C24H25F3N2/c1-17(20-12-19-10-7-11-21(25)22(19)28-14-20)29-16-23(2,15-24(3,26)27)13-18-8-5-4-6-9-18/h4-12,14,29H,1,13,15-16H2,2-3H3. The molecule has 0 saturated carbocycles. The summed E-state index contributed by atoms with van der Waals surface area (Å²) in [5, 5.41) is 3.86. The van der Waals surface area contributed by atoms with E-state index in [1.807, 2.05) is 37.3 Å². The van der Waals surface area contributed by atoms with E-state index >= 15 is 0 Å². The number of benzene rings is 2. The van der Waals surface area contributed by atoms with Crippen molar-refractivity contribution < 1.29 is 13.2 Å². The summed E-state index contributed by atoms with van der Waals surface area (Å²) in [6.45, 7) is 7.16. The molecular formula is C24H25F3N2. The van der Waals surface area contributed by atoms with Gasteiger partial charge in [-0.3, -0.25) is 4.98 Å². The maximum Gasteiger partial charge on any atom is 0.246 e. The average Bonchev–Trinajstić information content (AvgIpc) is 2.65. The van der Waals surface area contributed by atoms with Crippen molar-refractivity contribution in [3.05, 3.63) is 84.3 Å². The van der Waals surface area contributed by atoms with Gasteiger partial charge in [0, 0.05) is 35.8 Å². The number of alkyl halides is 2. The van der Waals surface area contributed by atoms with Crippen LogP contribution in [0.15, 0.2) is 67.4 Å². The molecule has 0 aliphatic rings. The smallest absolute Gasteiger partial charge is 0.246 e. The van der Waals surface area contributed by atoms with Crippen molar-refractivity contribution >= 4 is 16.6 Å². The number of aromatic nitrogens is 1. The number of pyridine rings is 1. The van der Waals surface area contributed by atoms with Crippen molar-refractivity contribution in [2.45, 2.75) is 32.6 Å². The van der Waals surface area contributed by atoms with Crippen molar-refractivity contribution in [3.8, 4) is 0 Å². The number of hydrogen-bond donors (Lipinski definition) is 1. The second-order valence-electron chi connectivity index (χ2n) is 8.09. The quantitative estimate of drug-likeness (QED) is 0.487. The van der Waals surface area contributed by atoms with Crippen LogP contribution in [0.25, 0.3) is 16.6 Å². The lowest BCUT2D eigenvalue weighted by atomic mass is 9.78. The summed E-state index contributed by atoms with van der Waals surface area (Å²) < 4.78 is 41.6. The molecule has 3 aromatic rings. The molecule has 0 spiro atoms. The van der Waals surface area contributed by atoms with Gasteiger partial charge in [0.05, 0.1) is 0 Å². The fourth-order valence-electron chi connectivity index (χ4n) is 3.74. The third-order valence-corrected chi connectivity index (χ3v) is 4.95. The van der Waals surface area contributed by atoms with Crippen LogP contribution >= 0.6 is 0 Å². The van der Waals surface area contributed by atoms with Crippen molar-refractivity contribution in [2.24, 2.45) is 5.41 Å². The van der Waals surface area contributed by atoms with Crippen LogP contribution in [0.2, 0.25) is 0 Å². The third kappa shape index (κ3) is 5.59. The van der Waals surface area contributed by atoms with Crippen LogP contribution in [0, 0.1) is 11.2 Å². The van der Waals surface area contributed by atoms with E-state index in [1.54, 1.807) is 24.4 Å². The first kappa shape index (κ1) is 20.9. The van der Waals surface area contributed by atoms with Gasteiger partial charge in [0.15, 0.2) is 0 Å². The van der Waals surface area contributed by atoms with Crippen LogP contribution < -0.4 is 5.32 Å². The monoisotopic (exact) mass is 398 g/mol. The number of hydrogen-bond acceptors (Lipinski definition) is 2. The first-order valence-electron chi connectivity index (χ1n) is 9.54. The van der Waals surface area contributed by atoms with Crippen molar-refractivity contribution in [2.75, 3.05) is 6.54 Å². The van der Waals surface area contributed by atoms with E-state index in [4.69, 9.17) is 0 Å². The lowest BCUT2D eigenvalue weighted by molar-refractivity contribution is -0.0243. The van der Waals surface area contributed by atoms with Crippen molar-refractivity contribution in [1.29, 1.82) is 0 Å². The molecule has 1 unspecified atom stereocenters. The molecule has 0 bridgehead atoms. The molecule has 29 heavy (non-hydrogen) atoms. The summed E-state index contributed by atoms with van der Waals surface area (Å²) >= 11 is 0. The Hall–Kier alpha value is -2.82. The highest BCUT2D eigenvalue weighted by Crippen LogP contribution is 2.35. The zero-order valence-corrected chi connectivity index (χ0v) is 16.7. The Morgan fingerprint density at radius 3 is 2.48 bits per heavy atom. The van der Waals surface area contributed by atoms with Gasteiger partial charge in [-0.15, -0.1) is 0 Å². The number of rotatable bonds is 8. The topological polar surface area (TPSA) is 24.9 Å². The number of halogens is 3. The molecule has 5 heteroatoms. The van der Waals surface area contributed by atoms with Gasteiger partial charge >= 0.3 is 0 Å². The first-order chi connectivity index (χ1) is 13.7. The maximum absolute atomic E-state index is 13.9. The summed E-state index contributed by atoms with van der Waals surface area (Å²) in [6.07, 6.45) is 1.80. The lowest BCUT2D eigenvalue weighted by Gasteiger charge is -2.33. The van der Waals surface area contributed by atoms with Crippen molar-refractivity contribution in [1.82, 2.24) is 10.3 Å². The predicted octanol–water partition coefficient (Wildman–Crippen LogP) is 6.23. The lowest BCUT2D eigenvalue weighted by Crippen LogP contribution is -2.37. The second-order valence-corrected chi connectivity index (χ2v) is 8.09. The summed E-state index contributed by atoms with van der Waals surface area (Å²) in [5.41, 5.74) is 1.90. The van der Waals surface area contributed by atoms with E-state index in [1.165, 1.54) is 6.07 Å². The molecule has 1 heterocycles. The molecule has 0 aliphatic heterocycles. The average molecular weight is 398 g/mol. The van der Waals surface area contributed by atoms with Gasteiger partial charge in [-0.2, -0.15) is 0 Å². The zero-order valence-electron chi connectivity index (χ0n) is 16.7. The van der Waals surface area contributed by atoms with E-state index in [-0.39, 0.29) is 12.2 Å². The number of nitrogens with one attached hydrogen (secondary N) is 1. The largest absolute Gasteiger partial charge is 0.384 e. The normalized spacial score (nSPS) is 13.8. The Labute approximate surface area is 169 Å². The van der Waals surface area contributed by atoms with Crippen LogP contribution in [0.4, 0.5) is 13.2 Å². The Kier molecular flexibility index (Phi) is 5.96. The van der Waals surface area contributed by atoms with Gasteiger partial charge in [0.2, 0.25) is 5.92 Å². The molecule has 152 valence electrons. The Bertz CT molecular complexity index is 996. The van der Waals surface area contributed by atoms with Crippen molar-refractivity contribution in [3.63, 3.8) is 0 Å². The number of fused-ring (bicyclic) bond motifs is 1. The molecule has 1 aromatic heterocycles. The van der Waals surface area contributed by atoms with Gasteiger partial charge < -0.3 is 5.32 Å². The van der Waals surface area contributed by atoms with Crippen LogP contribution in [0.1, 0.15) is 31.4 Å². The molecule has 0 radical (unpaired) electrons. The van der Waals surface area contributed by atoms with Gasteiger partial charge in [-0.05, 0) is 36.5 Å². The molecule has 0 fully saturated rings. The fourth-order valence-corrected chi connectivity index (χ4v) is 3.74. The molecule has 0 saturated heterocycles. The van der Waals surface area contributed by atoms with Crippen LogP contribution in [0.5, 0.6) is 0 Å². The summed E-state index contributed by atoms with van der Waals surface area (Å²) in [5.74, 6) is -3.16. The minimum absolute atomic E-state index is 0.254. The Morgan fingerprint density at radius 2 is 1.79 bits per heavy atom. The number of para-hydroxylation sites is 1. The van der Waals surface area contributed by atoms with Gasteiger partial charge in [-0.25, -0.2) is 13.2 Å². The minimum Gasteiger partial charge on any atom is -0.384 e. The second kappa shape index (κ2) is 8.27. The maximum atomic E-state index is 13.9. The highest BCUT2D eigenvalue weighted by molar-refractivity contribution is 5.82. The van der Waals surface area contributed by atoms with Gasteiger partial charge in [0.1, 0.15) is 11.3 Å². The number of nitrogens with zero attached hydrogens (tertiary/aromatic N) is 1. The summed E-state index contributed by atoms with van der Waals surface area (Å²) in [6, 6.07) is 16.2. The van der Waals surface area contributed by atoms with E-state index < -0.39 is 11.3 Å². The van der Waals surface area contributed by atoms with E-state index in [2.05, 4.69) is 16.9 Å². The molecule has 1 atom stereocenters. The predicted molar refractivity (Wildman–Crippen MR) is 112 cm³/mol. The van der Waals surface area contributed by atoms with Gasteiger partial charge in [-0.1, -0.05) is 56.0 Å². The highest BCUT2D eigenvalue weighted by atomic mass is 19.3. The SMILES string of the molecule is C=C(NCC(C)(Cc1ccccc1)CC(C)(F)F)c1cnc2c(F)cccc2c1. The summed E-state index contributed by atoms with van der Waals surface area (Å²) in [4.78, 5) is 4.18. The third-order valence-electron chi connectivity index (χ3n) is 4.95. The fraction of sp³-hybridized carbons (Fsp3) is 0.292. The zero-order chi connectivity index (χ0) is 21.1. The first-order valence-corrected chi connectivity index (χ1v) is 9.54. The van der Waals surface area contributed by atoms with E-state index in [0.717, 1.165) is 12.5 Å². The molecule has 2 aromatic carbocycles. The summed E-state index contributed by atoms with van der Waals surface area (Å²) in [7, 11) is 0. The minimum atomic E-state index is -2.78. The van der Waals surface area contributed by atoms with Crippen LogP contribution in [-0.4, -0.2) is 17.5 Å². The molecule has 1 N–H and O–H groups in total. The van der Waals surface area contributed by atoms with E-state index in [9.17, 15) is 13.2 Å². The Balaban J connectivity index is 1.76. The molecule has 0 amide bonds. The van der Waals surface area contributed by atoms with Crippen LogP contribution in [-0.2, 0) is 6.42 Å². The molecule has 3 rings (SSSR count). The molecule has 0 aliphatic carbocycles. The van der Waals surface area contributed by atoms with E-state index in [0.29, 0.717) is 35.1 Å². The van der Waals surface area contributed by atoms with Gasteiger partial charge in [0.25, 0.3) is 0 Å². The highest BCUT2D eigenvalue weighted by Gasteiger charge is 2.35.